The molecule has 0 saturated heterocycles. The maximum atomic E-state index is 12.6. The monoisotopic (exact) mass is 414 g/mol. The molecule has 2 rings (SSSR count). The number of amides is 2. The van der Waals surface area contributed by atoms with Crippen molar-refractivity contribution in [1.82, 2.24) is 9.80 Å². The Labute approximate surface area is 177 Å². The lowest BCUT2D eigenvalue weighted by Gasteiger charge is -2.21. The molecule has 0 aliphatic carbocycles. The van der Waals surface area contributed by atoms with Gasteiger partial charge < -0.3 is 25.1 Å². The third kappa shape index (κ3) is 6.13. The Bertz CT molecular complexity index is 724. The van der Waals surface area contributed by atoms with Crippen LogP contribution in [-0.2, 0) is 0 Å². The van der Waals surface area contributed by atoms with E-state index >= 15 is 0 Å². The van der Waals surface area contributed by atoms with Crippen LogP contribution in [0.1, 0.15) is 34.1 Å². The molecule has 2 aromatic rings. The molecule has 0 atom stereocenters. The van der Waals surface area contributed by atoms with Gasteiger partial charge in [0.05, 0.1) is 19.8 Å². The fraction of sp³-hybridized carbons (Fsp3) is 0.391. The first kappa shape index (κ1) is 23.5. The molecule has 2 aromatic carbocycles. The summed E-state index contributed by atoms with van der Waals surface area (Å²) in [6.07, 6.45) is 0.822. The Balaban J connectivity index is 2.13. The predicted octanol–water partition coefficient (Wildman–Crippen LogP) is 1.62. The van der Waals surface area contributed by atoms with Gasteiger partial charge >= 0.3 is 0 Å². The average molecular weight is 415 g/mol. The van der Waals surface area contributed by atoms with Crippen LogP contribution in [0.25, 0.3) is 11.1 Å². The highest BCUT2D eigenvalue weighted by molar-refractivity contribution is 5.95. The Hall–Kier alpha value is -2.74. The minimum Gasteiger partial charge on any atom is -0.395 e. The maximum absolute atomic E-state index is 12.6. The normalized spacial score (nSPS) is 10.7. The molecule has 0 radical (unpaired) electrons. The van der Waals surface area contributed by atoms with E-state index in [1.165, 1.54) is 4.90 Å². The van der Waals surface area contributed by atoms with Crippen molar-refractivity contribution in [3.05, 3.63) is 59.7 Å². The van der Waals surface area contributed by atoms with Crippen LogP contribution in [0.3, 0.4) is 0 Å². The summed E-state index contributed by atoms with van der Waals surface area (Å²) in [5, 5.41) is 27.3. The van der Waals surface area contributed by atoms with Crippen LogP contribution in [0.4, 0.5) is 0 Å². The van der Waals surface area contributed by atoms with Gasteiger partial charge in [0, 0.05) is 37.3 Å². The summed E-state index contributed by atoms with van der Waals surface area (Å²) in [6.45, 7) is 2.84. The number of carbonyl (C=O) groups is 2. The van der Waals surface area contributed by atoms with Gasteiger partial charge in [-0.25, -0.2) is 0 Å². The van der Waals surface area contributed by atoms with Gasteiger partial charge in [0.2, 0.25) is 0 Å². The SMILES string of the molecule is CCCN(CCO)C(=O)c1ccc(-c2ccc(C(=O)N(CCO)CCO)cc2)cc1. The van der Waals surface area contributed by atoms with Gasteiger partial charge in [0.25, 0.3) is 11.8 Å². The van der Waals surface area contributed by atoms with E-state index in [0.29, 0.717) is 24.2 Å². The summed E-state index contributed by atoms with van der Waals surface area (Å²) < 4.78 is 0. The van der Waals surface area contributed by atoms with Crippen LogP contribution in [0.15, 0.2) is 48.5 Å². The third-order valence-corrected chi connectivity index (χ3v) is 4.77. The van der Waals surface area contributed by atoms with Gasteiger partial charge in [-0.1, -0.05) is 31.2 Å². The molecule has 0 fully saturated rings. The largest absolute Gasteiger partial charge is 0.395 e. The van der Waals surface area contributed by atoms with E-state index in [2.05, 4.69) is 0 Å². The average Bonchev–Trinajstić information content (AvgIpc) is 2.78. The number of rotatable bonds is 11. The second-order valence-electron chi connectivity index (χ2n) is 6.91. The second kappa shape index (κ2) is 12.1. The number of aliphatic hydroxyl groups is 3. The first-order valence-electron chi connectivity index (χ1n) is 10.2. The van der Waals surface area contributed by atoms with Crippen molar-refractivity contribution in [2.75, 3.05) is 46.0 Å². The molecule has 7 heteroatoms. The lowest BCUT2D eigenvalue weighted by molar-refractivity contribution is 0.0684. The van der Waals surface area contributed by atoms with Gasteiger partial charge in [0.1, 0.15) is 0 Å². The standard InChI is InChI=1S/C23H30N2O5/c1-2-11-24(12-15-26)22(29)20-7-3-18(4-8-20)19-5-9-21(10-6-19)23(30)25(13-16-27)14-17-28/h3-10,26-28H,2,11-17H2,1H3. The molecule has 0 aromatic heterocycles. The van der Waals surface area contributed by atoms with Crippen molar-refractivity contribution in [3.63, 3.8) is 0 Å². The van der Waals surface area contributed by atoms with Gasteiger partial charge in [-0.05, 0) is 41.8 Å². The van der Waals surface area contributed by atoms with Crippen molar-refractivity contribution in [3.8, 4) is 11.1 Å². The van der Waals surface area contributed by atoms with Gasteiger partial charge in [-0.15, -0.1) is 0 Å². The zero-order valence-corrected chi connectivity index (χ0v) is 17.3. The van der Waals surface area contributed by atoms with Crippen molar-refractivity contribution in [1.29, 1.82) is 0 Å². The molecule has 0 bridgehead atoms. The van der Waals surface area contributed by atoms with Crippen LogP contribution in [-0.4, -0.2) is 82.9 Å². The Morgan fingerprint density at radius 1 is 0.633 bits per heavy atom. The Morgan fingerprint density at radius 3 is 1.27 bits per heavy atom. The van der Waals surface area contributed by atoms with Crippen molar-refractivity contribution in [2.24, 2.45) is 0 Å². The van der Waals surface area contributed by atoms with Crippen molar-refractivity contribution >= 4 is 11.8 Å². The van der Waals surface area contributed by atoms with E-state index in [1.807, 2.05) is 31.2 Å². The number of aliphatic hydroxyl groups excluding tert-OH is 3. The smallest absolute Gasteiger partial charge is 0.254 e. The molecule has 0 aliphatic heterocycles. The molecule has 162 valence electrons. The summed E-state index contributed by atoms with van der Waals surface area (Å²) in [6, 6.07) is 14.3. The Morgan fingerprint density at radius 2 is 0.967 bits per heavy atom. The lowest BCUT2D eigenvalue weighted by atomic mass is 10.0. The topological polar surface area (TPSA) is 101 Å². The number of hydrogen-bond acceptors (Lipinski definition) is 5. The molecular formula is C23H30N2O5. The zero-order chi connectivity index (χ0) is 21.9. The van der Waals surface area contributed by atoms with Crippen LogP contribution in [0.5, 0.6) is 0 Å². The van der Waals surface area contributed by atoms with E-state index in [4.69, 9.17) is 15.3 Å². The van der Waals surface area contributed by atoms with Crippen molar-refractivity contribution < 1.29 is 24.9 Å². The molecule has 7 nitrogen and oxygen atoms in total. The molecule has 0 aliphatic rings. The van der Waals surface area contributed by atoms with E-state index < -0.39 is 0 Å². The van der Waals surface area contributed by atoms with E-state index in [1.54, 1.807) is 29.2 Å². The number of benzene rings is 2. The molecule has 30 heavy (non-hydrogen) atoms. The second-order valence-corrected chi connectivity index (χ2v) is 6.91. The van der Waals surface area contributed by atoms with E-state index in [0.717, 1.165) is 17.5 Å². The van der Waals surface area contributed by atoms with Crippen molar-refractivity contribution in [2.45, 2.75) is 13.3 Å². The number of carbonyl (C=O) groups excluding carboxylic acids is 2. The van der Waals surface area contributed by atoms with Gasteiger partial charge in [-0.3, -0.25) is 9.59 Å². The molecule has 2 amide bonds. The summed E-state index contributed by atoms with van der Waals surface area (Å²) in [5.41, 5.74) is 2.86. The van der Waals surface area contributed by atoms with Crippen LogP contribution < -0.4 is 0 Å². The third-order valence-electron chi connectivity index (χ3n) is 4.77. The fourth-order valence-corrected chi connectivity index (χ4v) is 3.24. The van der Waals surface area contributed by atoms with E-state index in [-0.39, 0.29) is 44.7 Å². The quantitative estimate of drug-likeness (QED) is 0.519. The summed E-state index contributed by atoms with van der Waals surface area (Å²) in [4.78, 5) is 28.2. The fourth-order valence-electron chi connectivity index (χ4n) is 3.24. The highest BCUT2D eigenvalue weighted by Crippen LogP contribution is 2.21. The van der Waals surface area contributed by atoms with Crippen LogP contribution >= 0.6 is 0 Å². The highest BCUT2D eigenvalue weighted by atomic mass is 16.3. The lowest BCUT2D eigenvalue weighted by Crippen LogP contribution is -2.35. The maximum Gasteiger partial charge on any atom is 0.254 e. The molecule has 0 unspecified atom stereocenters. The first-order chi connectivity index (χ1) is 14.5. The minimum atomic E-state index is -0.245. The van der Waals surface area contributed by atoms with Crippen LogP contribution in [0, 0.1) is 0 Å². The Kier molecular flexibility index (Phi) is 9.47. The predicted molar refractivity (Wildman–Crippen MR) is 115 cm³/mol. The highest BCUT2D eigenvalue weighted by Gasteiger charge is 2.16. The minimum absolute atomic E-state index is 0.0665. The number of hydrogen-bond donors (Lipinski definition) is 3. The molecule has 0 heterocycles. The van der Waals surface area contributed by atoms with E-state index in [9.17, 15) is 9.59 Å². The van der Waals surface area contributed by atoms with Crippen LogP contribution in [0.2, 0.25) is 0 Å². The first-order valence-corrected chi connectivity index (χ1v) is 10.2. The molecule has 0 spiro atoms. The summed E-state index contributed by atoms with van der Waals surface area (Å²) >= 11 is 0. The molecule has 0 saturated carbocycles. The molecule has 3 N–H and O–H groups in total. The summed E-state index contributed by atoms with van der Waals surface area (Å²) in [5.74, 6) is -0.350. The number of nitrogens with zero attached hydrogens (tertiary/aromatic N) is 2. The molecular weight excluding hydrogens is 384 g/mol. The van der Waals surface area contributed by atoms with Gasteiger partial charge in [-0.2, -0.15) is 0 Å². The van der Waals surface area contributed by atoms with Gasteiger partial charge in [0.15, 0.2) is 0 Å². The zero-order valence-electron chi connectivity index (χ0n) is 17.3. The summed E-state index contributed by atoms with van der Waals surface area (Å²) in [7, 11) is 0.